The largest absolute Gasteiger partial charge is 0.346 e. The molecule has 7 nitrogen and oxygen atoms in total. The van der Waals surface area contributed by atoms with Gasteiger partial charge in [-0.25, -0.2) is 9.37 Å². The number of imidazole rings is 1. The van der Waals surface area contributed by atoms with E-state index in [4.69, 9.17) is 11.6 Å². The summed E-state index contributed by atoms with van der Waals surface area (Å²) in [6.45, 7) is 1.78. The molecule has 0 saturated carbocycles. The number of anilines is 3. The fourth-order valence-corrected chi connectivity index (χ4v) is 2.25. The third-order valence-corrected chi connectivity index (χ3v) is 3.55. The average molecular weight is 366 g/mol. The van der Waals surface area contributed by atoms with E-state index in [0.29, 0.717) is 11.5 Å². The lowest BCUT2D eigenvalue weighted by molar-refractivity contribution is 0.615. The van der Waals surface area contributed by atoms with Crippen LogP contribution in [0.25, 0.3) is 0 Å². The zero-order valence-electron chi connectivity index (χ0n) is 13.3. The third-order valence-electron chi connectivity index (χ3n) is 3.30. The van der Waals surface area contributed by atoms with E-state index in [1.54, 1.807) is 31.1 Å². The van der Waals surface area contributed by atoms with Crippen LogP contribution < -0.4 is 10.6 Å². The Hall–Kier alpha value is -2.81. The minimum absolute atomic E-state index is 0.100. The van der Waals surface area contributed by atoms with Gasteiger partial charge in [-0.1, -0.05) is 11.6 Å². The molecule has 0 bridgehead atoms. The SMILES string of the molecule is C[C@@H](Nc1nc(Cl)c(F)c(Nc2cn(C)cn2)n1)c1ccc(F)cn1. The van der Waals surface area contributed by atoms with E-state index < -0.39 is 11.6 Å². The van der Waals surface area contributed by atoms with Gasteiger partial charge < -0.3 is 15.2 Å². The molecule has 0 aliphatic rings. The van der Waals surface area contributed by atoms with Gasteiger partial charge in [-0.3, -0.25) is 4.98 Å². The number of hydrogen-bond donors (Lipinski definition) is 2. The summed E-state index contributed by atoms with van der Waals surface area (Å²) in [6, 6.07) is 2.49. The molecular weight excluding hydrogens is 352 g/mol. The lowest BCUT2D eigenvalue weighted by Gasteiger charge is -2.14. The smallest absolute Gasteiger partial charge is 0.226 e. The zero-order chi connectivity index (χ0) is 18.0. The Balaban J connectivity index is 1.82. The molecular formula is C15H14ClF2N7. The molecule has 10 heteroatoms. The number of pyridine rings is 1. The van der Waals surface area contributed by atoms with E-state index in [0.717, 1.165) is 6.20 Å². The van der Waals surface area contributed by atoms with Crippen molar-refractivity contribution in [2.45, 2.75) is 13.0 Å². The molecule has 3 heterocycles. The van der Waals surface area contributed by atoms with Crippen LogP contribution in [0.2, 0.25) is 5.15 Å². The monoisotopic (exact) mass is 365 g/mol. The highest BCUT2D eigenvalue weighted by Crippen LogP contribution is 2.25. The van der Waals surface area contributed by atoms with E-state index in [9.17, 15) is 8.78 Å². The van der Waals surface area contributed by atoms with E-state index in [2.05, 4.69) is 30.6 Å². The molecule has 3 aromatic rings. The summed E-state index contributed by atoms with van der Waals surface area (Å²) < 4.78 is 28.8. The molecule has 0 fully saturated rings. The fraction of sp³-hybridized carbons (Fsp3) is 0.200. The van der Waals surface area contributed by atoms with Gasteiger partial charge in [-0.15, -0.1) is 0 Å². The zero-order valence-corrected chi connectivity index (χ0v) is 14.1. The number of nitrogens with one attached hydrogen (secondary N) is 2. The number of hydrogen-bond acceptors (Lipinski definition) is 6. The minimum Gasteiger partial charge on any atom is -0.346 e. The van der Waals surface area contributed by atoms with Crippen LogP contribution >= 0.6 is 11.6 Å². The van der Waals surface area contributed by atoms with Gasteiger partial charge >= 0.3 is 0 Å². The first-order valence-electron chi connectivity index (χ1n) is 7.28. The number of halogens is 3. The highest BCUT2D eigenvalue weighted by atomic mass is 35.5. The van der Waals surface area contributed by atoms with Gasteiger partial charge in [-0.05, 0) is 19.1 Å². The standard InChI is InChI=1S/C15H14ClF2N7/c1-8(10-4-3-9(17)5-19-10)21-15-23-13(16)12(18)14(24-15)22-11-6-25(2)7-20-11/h3-8H,1-2H3,(H2,21,22,23,24)/t8-/m1/s1. The maximum atomic E-state index is 14.1. The first kappa shape index (κ1) is 17.0. The van der Waals surface area contributed by atoms with Gasteiger partial charge in [0.05, 0.1) is 24.3 Å². The second kappa shape index (κ2) is 6.98. The summed E-state index contributed by atoms with van der Waals surface area (Å²) in [6.07, 6.45) is 4.33. The average Bonchev–Trinajstić information content (AvgIpc) is 2.97. The highest BCUT2D eigenvalue weighted by molar-refractivity contribution is 6.29. The maximum absolute atomic E-state index is 14.1. The van der Waals surface area contributed by atoms with Crippen molar-refractivity contribution < 1.29 is 8.78 Å². The van der Waals surface area contributed by atoms with E-state index in [1.165, 1.54) is 12.1 Å². The van der Waals surface area contributed by atoms with Crippen molar-refractivity contribution >= 4 is 29.2 Å². The lowest BCUT2D eigenvalue weighted by Crippen LogP contribution is -2.12. The summed E-state index contributed by atoms with van der Waals surface area (Å²) in [5.74, 6) is -0.816. The van der Waals surface area contributed by atoms with Crippen LogP contribution in [0.4, 0.5) is 26.4 Å². The molecule has 0 radical (unpaired) electrons. The predicted octanol–water partition coefficient (Wildman–Crippen LogP) is 3.45. The Morgan fingerprint density at radius 1 is 1.20 bits per heavy atom. The normalized spacial score (nSPS) is 12.0. The molecule has 0 spiro atoms. The van der Waals surface area contributed by atoms with E-state index in [1.807, 2.05) is 0 Å². The molecule has 3 aromatic heterocycles. The molecule has 0 unspecified atom stereocenters. The van der Waals surface area contributed by atoms with Gasteiger partial charge in [0.1, 0.15) is 11.6 Å². The van der Waals surface area contributed by atoms with Crippen molar-refractivity contribution in [3.05, 3.63) is 53.3 Å². The summed E-state index contributed by atoms with van der Waals surface area (Å²) in [7, 11) is 1.78. The van der Waals surface area contributed by atoms with Crippen LogP contribution in [0.1, 0.15) is 18.7 Å². The van der Waals surface area contributed by atoms with Gasteiger partial charge in [0.15, 0.2) is 11.0 Å². The summed E-state index contributed by atoms with van der Waals surface area (Å²) in [5.41, 5.74) is 0.574. The Morgan fingerprint density at radius 2 is 2.00 bits per heavy atom. The Bertz CT molecular complexity index is 882. The summed E-state index contributed by atoms with van der Waals surface area (Å²) >= 11 is 5.84. The van der Waals surface area contributed by atoms with Gasteiger partial charge in [-0.2, -0.15) is 14.4 Å². The fourth-order valence-electron chi connectivity index (χ4n) is 2.08. The number of aromatic nitrogens is 5. The molecule has 0 saturated heterocycles. The molecule has 0 aliphatic carbocycles. The minimum atomic E-state index is -0.787. The molecule has 3 rings (SSSR count). The van der Waals surface area contributed by atoms with Crippen molar-refractivity contribution in [1.82, 2.24) is 24.5 Å². The van der Waals surface area contributed by atoms with Gasteiger partial charge in [0.2, 0.25) is 11.8 Å². The van der Waals surface area contributed by atoms with E-state index >= 15 is 0 Å². The quantitative estimate of drug-likeness (QED) is 0.674. The molecule has 0 amide bonds. The first-order chi connectivity index (χ1) is 11.9. The highest BCUT2D eigenvalue weighted by Gasteiger charge is 2.16. The van der Waals surface area contributed by atoms with E-state index in [-0.39, 0.29) is 23.0 Å². The topological polar surface area (TPSA) is 80.5 Å². The number of aryl methyl sites for hydroxylation is 1. The molecule has 130 valence electrons. The molecule has 2 N–H and O–H groups in total. The summed E-state index contributed by atoms with van der Waals surface area (Å²) in [5, 5.41) is 5.36. The van der Waals surface area contributed by atoms with Crippen molar-refractivity contribution in [2.24, 2.45) is 7.05 Å². The molecule has 1 atom stereocenters. The van der Waals surface area contributed by atoms with Crippen molar-refractivity contribution in [3.8, 4) is 0 Å². The third kappa shape index (κ3) is 4.00. The van der Waals surface area contributed by atoms with Crippen LogP contribution in [0.5, 0.6) is 0 Å². The second-order valence-electron chi connectivity index (χ2n) is 5.32. The summed E-state index contributed by atoms with van der Waals surface area (Å²) in [4.78, 5) is 16.0. The van der Waals surface area contributed by atoms with Gasteiger partial charge in [0.25, 0.3) is 0 Å². The predicted molar refractivity (Wildman–Crippen MR) is 89.7 cm³/mol. The lowest BCUT2D eigenvalue weighted by atomic mass is 10.2. The first-order valence-corrected chi connectivity index (χ1v) is 7.66. The van der Waals surface area contributed by atoms with Crippen molar-refractivity contribution in [1.29, 1.82) is 0 Å². The number of nitrogens with zero attached hydrogens (tertiary/aromatic N) is 5. The van der Waals surface area contributed by atoms with Gasteiger partial charge in [0, 0.05) is 13.2 Å². The Morgan fingerprint density at radius 3 is 2.64 bits per heavy atom. The molecule has 0 aromatic carbocycles. The van der Waals surface area contributed by atoms with Crippen LogP contribution in [0.3, 0.4) is 0 Å². The maximum Gasteiger partial charge on any atom is 0.226 e. The van der Waals surface area contributed by atoms with Crippen molar-refractivity contribution in [2.75, 3.05) is 10.6 Å². The van der Waals surface area contributed by atoms with Crippen LogP contribution in [-0.4, -0.2) is 24.5 Å². The van der Waals surface area contributed by atoms with Crippen LogP contribution in [0.15, 0.2) is 30.9 Å². The van der Waals surface area contributed by atoms with Crippen molar-refractivity contribution in [3.63, 3.8) is 0 Å². The van der Waals surface area contributed by atoms with Crippen LogP contribution in [0, 0.1) is 11.6 Å². The van der Waals surface area contributed by atoms with Crippen LogP contribution in [-0.2, 0) is 7.05 Å². The number of rotatable bonds is 5. The molecule has 25 heavy (non-hydrogen) atoms. The Kier molecular flexibility index (Phi) is 4.75. The molecule has 0 aliphatic heterocycles. The Labute approximate surface area is 147 Å². The second-order valence-corrected chi connectivity index (χ2v) is 5.68.